The highest BCUT2D eigenvalue weighted by atomic mass is 32.2. The van der Waals surface area contributed by atoms with E-state index in [1.54, 1.807) is 60.7 Å². The molecule has 37 heavy (non-hydrogen) atoms. The predicted molar refractivity (Wildman–Crippen MR) is 130 cm³/mol. The van der Waals surface area contributed by atoms with Crippen molar-refractivity contribution >= 4 is 27.8 Å². The van der Waals surface area contributed by atoms with E-state index in [0.717, 1.165) is 5.56 Å². The molecule has 0 radical (unpaired) electrons. The van der Waals surface area contributed by atoms with Gasteiger partial charge >= 0.3 is 11.9 Å². The van der Waals surface area contributed by atoms with Crippen LogP contribution in [0.3, 0.4) is 0 Å². The third-order valence-electron chi connectivity index (χ3n) is 5.59. The summed E-state index contributed by atoms with van der Waals surface area (Å²) in [6.45, 7) is 0.759. The molecular weight excluding hydrogens is 500 g/mol. The van der Waals surface area contributed by atoms with Crippen molar-refractivity contribution in [1.82, 2.24) is 0 Å². The van der Waals surface area contributed by atoms with Crippen LogP contribution in [0.2, 0.25) is 0 Å². The molecule has 0 unspecified atom stereocenters. The largest absolute Gasteiger partial charge is 0.459 e. The van der Waals surface area contributed by atoms with E-state index in [9.17, 15) is 22.8 Å². The number of aryl methyl sites for hydroxylation is 1. The second kappa shape index (κ2) is 11.5. The summed E-state index contributed by atoms with van der Waals surface area (Å²) in [7, 11) is -4.18. The van der Waals surface area contributed by atoms with Gasteiger partial charge in [-0.3, -0.25) is 8.98 Å². The number of benzene rings is 3. The van der Waals surface area contributed by atoms with Crippen molar-refractivity contribution in [3.8, 4) is 0 Å². The molecule has 10 heteroatoms. The first-order valence-corrected chi connectivity index (χ1v) is 12.8. The van der Waals surface area contributed by atoms with Gasteiger partial charge in [-0.1, -0.05) is 54.1 Å². The van der Waals surface area contributed by atoms with Gasteiger partial charge in [0.05, 0.1) is 16.0 Å². The molecule has 192 valence electrons. The standard InChI is InChI=1S/C27H24O9S/c1-18-12-14-21(15-13-18)37(31,32)34-17-22-24(28)25(36-27(30)20-10-6-3-7-11-20)23(35-22)16-33-26(29)19-8-4-2-5-9-19/h2-15,22-23,25H,16-17H2,1H3/t22-,23+,25+/m0/s1. The second-order valence-electron chi connectivity index (χ2n) is 8.27. The third kappa shape index (κ3) is 6.48. The molecule has 1 aliphatic heterocycles. The number of hydrogen-bond acceptors (Lipinski definition) is 9. The van der Waals surface area contributed by atoms with Gasteiger partial charge in [0.25, 0.3) is 10.1 Å². The molecule has 1 aliphatic rings. The maximum absolute atomic E-state index is 13.1. The molecule has 0 aliphatic carbocycles. The number of Topliss-reactive ketones (excluding diaryl/α,β-unsaturated/α-hetero) is 1. The fourth-order valence-corrected chi connectivity index (χ4v) is 4.50. The Morgan fingerprint density at radius 3 is 1.97 bits per heavy atom. The van der Waals surface area contributed by atoms with E-state index in [1.807, 2.05) is 6.92 Å². The van der Waals surface area contributed by atoms with Crippen molar-refractivity contribution in [3.05, 3.63) is 102 Å². The van der Waals surface area contributed by atoms with E-state index in [4.69, 9.17) is 18.4 Å². The van der Waals surface area contributed by atoms with E-state index < -0.39 is 59.4 Å². The number of carbonyl (C=O) groups is 3. The summed E-state index contributed by atoms with van der Waals surface area (Å²) in [5, 5.41) is 0. The van der Waals surface area contributed by atoms with Crippen molar-refractivity contribution in [2.24, 2.45) is 0 Å². The van der Waals surface area contributed by atoms with Gasteiger partial charge < -0.3 is 14.2 Å². The Balaban J connectivity index is 1.47. The zero-order valence-corrected chi connectivity index (χ0v) is 20.6. The Morgan fingerprint density at radius 2 is 1.38 bits per heavy atom. The lowest BCUT2D eigenvalue weighted by Crippen LogP contribution is -2.36. The van der Waals surface area contributed by atoms with Crippen LogP contribution in [0.4, 0.5) is 0 Å². The number of hydrogen-bond donors (Lipinski definition) is 0. The minimum atomic E-state index is -4.18. The van der Waals surface area contributed by atoms with Gasteiger partial charge in [0.2, 0.25) is 5.78 Å². The van der Waals surface area contributed by atoms with E-state index in [0.29, 0.717) is 0 Å². The molecule has 1 fully saturated rings. The Kier molecular flexibility index (Phi) is 8.12. The minimum absolute atomic E-state index is 0.0797. The fourth-order valence-electron chi connectivity index (χ4n) is 3.60. The summed E-state index contributed by atoms with van der Waals surface area (Å²) in [5.74, 6) is -2.15. The highest BCUT2D eigenvalue weighted by Crippen LogP contribution is 2.24. The van der Waals surface area contributed by atoms with Crippen molar-refractivity contribution in [2.75, 3.05) is 13.2 Å². The molecule has 0 bridgehead atoms. The van der Waals surface area contributed by atoms with E-state index in [1.165, 1.54) is 24.3 Å². The molecule has 0 N–H and O–H groups in total. The Hall–Kier alpha value is -3.86. The van der Waals surface area contributed by atoms with Crippen molar-refractivity contribution in [2.45, 2.75) is 30.1 Å². The summed E-state index contributed by atoms with van der Waals surface area (Å²) in [6.07, 6.45) is -3.97. The molecule has 1 saturated heterocycles. The first-order chi connectivity index (χ1) is 17.7. The second-order valence-corrected chi connectivity index (χ2v) is 9.89. The Bertz CT molecular complexity index is 1350. The highest BCUT2D eigenvalue weighted by molar-refractivity contribution is 7.86. The first kappa shape index (κ1) is 26.2. The Labute approximate surface area is 214 Å². The molecule has 1 heterocycles. The maximum atomic E-state index is 13.1. The molecule has 0 aromatic heterocycles. The van der Waals surface area contributed by atoms with Crippen molar-refractivity contribution < 1.29 is 41.2 Å². The molecule has 3 aromatic rings. The third-order valence-corrected chi connectivity index (χ3v) is 6.89. The molecule has 0 amide bonds. The lowest BCUT2D eigenvalue weighted by molar-refractivity contribution is -0.128. The molecular formula is C27H24O9S. The van der Waals surface area contributed by atoms with Crippen LogP contribution in [0.5, 0.6) is 0 Å². The van der Waals surface area contributed by atoms with E-state index in [2.05, 4.69) is 0 Å². The van der Waals surface area contributed by atoms with Crippen LogP contribution in [-0.4, -0.2) is 57.7 Å². The topological polar surface area (TPSA) is 122 Å². The molecule has 0 saturated carbocycles. The van der Waals surface area contributed by atoms with Crippen LogP contribution in [0, 0.1) is 6.92 Å². The van der Waals surface area contributed by atoms with Crippen LogP contribution >= 0.6 is 0 Å². The van der Waals surface area contributed by atoms with Gasteiger partial charge in [-0.15, -0.1) is 0 Å². The number of carbonyl (C=O) groups excluding carboxylic acids is 3. The quantitative estimate of drug-likeness (QED) is 0.307. The molecule has 3 aromatic carbocycles. The van der Waals surface area contributed by atoms with Crippen molar-refractivity contribution in [3.63, 3.8) is 0 Å². The van der Waals surface area contributed by atoms with Gasteiger partial charge in [0, 0.05) is 0 Å². The summed E-state index contributed by atoms with van der Waals surface area (Å²) in [6, 6.07) is 22.2. The molecule has 9 nitrogen and oxygen atoms in total. The average Bonchev–Trinajstić information content (AvgIpc) is 3.21. The number of ketones is 1. The summed E-state index contributed by atoms with van der Waals surface area (Å²) >= 11 is 0. The number of rotatable bonds is 9. The normalized spacial score (nSPS) is 19.4. The van der Waals surface area contributed by atoms with Crippen molar-refractivity contribution in [1.29, 1.82) is 0 Å². The first-order valence-electron chi connectivity index (χ1n) is 11.4. The monoisotopic (exact) mass is 524 g/mol. The van der Waals surface area contributed by atoms with Gasteiger partial charge in [-0.05, 0) is 43.3 Å². The van der Waals surface area contributed by atoms with Crippen LogP contribution in [0.1, 0.15) is 26.3 Å². The van der Waals surface area contributed by atoms with Crippen LogP contribution in [-0.2, 0) is 33.3 Å². The van der Waals surface area contributed by atoms with Gasteiger partial charge in [0.1, 0.15) is 25.4 Å². The lowest BCUT2D eigenvalue weighted by atomic mass is 10.1. The van der Waals surface area contributed by atoms with Crippen LogP contribution < -0.4 is 0 Å². The fraction of sp³-hybridized carbons (Fsp3) is 0.222. The zero-order valence-electron chi connectivity index (χ0n) is 19.8. The van der Waals surface area contributed by atoms with Crippen LogP contribution in [0.25, 0.3) is 0 Å². The average molecular weight is 525 g/mol. The van der Waals surface area contributed by atoms with E-state index >= 15 is 0 Å². The molecule has 0 spiro atoms. The summed E-state index contributed by atoms with van der Waals surface area (Å²) in [5.41, 5.74) is 1.36. The smallest absolute Gasteiger partial charge is 0.338 e. The highest BCUT2D eigenvalue weighted by Gasteiger charge is 2.47. The van der Waals surface area contributed by atoms with Gasteiger partial charge in [-0.2, -0.15) is 8.42 Å². The SMILES string of the molecule is Cc1ccc(S(=O)(=O)OC[C@@H]2O[C@H](COC(=O)c3ccccc3)[C@@H](OC(=O)c3ccccc3)C2=O)cc1. The summed E-state index contributed by atoms with van der Waals surface area (Å²) in [4.78, 5) is 38.0. The van der Waals surface area contributed by atoms with Gasteiger partial charge in [0.15, 0.2) is 6.10 Å². The molecule has 3 atom stereocenters. The summed E-state index contributed by atoms with van der Waals surface area (Å²) < 4.78 is 46.6. The van der Waals surface area contributed by atoms with E-state index in [-0.39, 0.29) is 16.0 Å². The number of esters is 2. The van der Waals surface area contributed by atoms with Crippen LogP contribution in [0.15, 0.2) is 89.8 Å². The zero-order chi connectivity index (χ0) is 26.4. The molecule has 4 rings (SSSR count). The minimum Gasteiger partial charge on any atom is -0.459 e. The Morgan fingerprint density at radius 1 is 0.811 bits per heavy atom. The number of ether oxygens (including phenoxy) is 3. The predicted octanol–water partition coefficient (Wildman–Crippen LogP) is 3.12. The van der Waals surface area contributed by atoms with Gasteiger partial charge in [-0.25, -0.2) is 9.59 Å². The lowest BCUT2D eigenvalue weighted by Gasteiger charge is -2.18. The maximum Gasteiger partial charge on any atom is 0.338 e.